The molecule has 0 spiro atoms. The van der Waals surface area contributed by atoms with Crippen molar-refractivity contribution in [3.8, 4) is 0 Å². The van der Waals surface area contributed by atoms with Crippen molar-refractivity contribution in [2.75, 3.05) is 5.32 Å². The molecule has 1 amide bonds. The Bertz CT molecular complexity index is 955. The van der Waals surface area contributed by atoms with E-state index in [0.29, 0.717) is 17.2 Å². The average Bonchev–Trinajstić information content (AvgIpc) is 3.19. The van der Waals surface area contributed by atoms with Crippen LogP contribution < -0.4 is 5.32 Å². The molecular weight excluding hydrogens is 372 g/mol. The minimum absolute atomic E-state index is 0.0381. The summed E-state index contributed by atoms with van der Waals surface area (Å²) in [7, 11) is 0. The number of carbonyl (C=O) groups excluding carboxylic acids is 1. The Morgan fingerprint density at radius 1 is 1.21 bits per heavy atom. The van der Waals surface area contributed by atoms with E-state index >= 15 is 0 Å². The number of hydrogen-bond acceptors (Lipinski definition) is 5. The van der Waals surface area contributed by atoms with E-state index in [1.807, 2.05) is 12.3 Å². The fourth-order valence-corrected chi connectivity index (χ4v) is 6.42. The second-order valence-corrected chi connectivity index (χ2v) is 9.27. The van der Waals surface area contributed by atoms with Gasteiger partial charge in [0.1, 0.15) is 17.9 Å². The molecule has 0 aliphatic heterocycles. The number of nitrogens with one attached hydrogen (secondary N) is 1. The van der Waals surface area contributed by atoms with Crippen molar-refractivity contribution in [1.29, 1.82) is 0 Å². The Morgan fingerprint density at radius 2 is 1.83 bits per heavy atom. The van der Waals surface area contributed by atoms with Gasteiger partial charge in [-0.2, -0.15) is 10.2 Å². The van der Waals surface area contributed by atoms with Crippen molar-refractivity contribution in [3.05, 3.63) is 33.8 Å². The van der Waals surface area contributed by atoms with E-state index < -0.39 is 4.92 Å². The summed E-state index contributed by atoms with van der Waals surface area (Å²) in [6, 6.07) is 1.85. The van der Waals surface area contributed by atoms with Crippen LogP contribution in [0.2, 0.25) is 0 Å². The van der Waals surface area contributed by atoms with Crippen LogP contribution in [0.4, 0.5) is 11.5 Å². The number of aromatic nitrogens is 4. The molecule has 1 N–H and O–H groups in total. The molecule has 4 saturated carbocycles. The molecular formula is C20H26N6O3. The van der Waals surface area contributed by atoms with Gasteiger partial charge in [0.05, 0.1) is 10.5 Å². The predicted molar refractivity (Wildman–Crippen MR) is 105 cm³/mol. The highest BCUT2D eigenvalue weighted by Gasteiger charge is 2.52. The summed E-state index contributed by atoms with van der Waals surface area (Å²) in [4.78, 5) is 23.2. The lowest BCUT2D eigenvalue weighted by Gasteiger charge is -2.56. The van der Waals surface area contributed by atoms with Crippen LogP contribution in [-0.2, 0) is 16.9 Å². The van der Waals surface area contributed by atoms with Crippen LogP contribution in [0.15, 0.2) is 12.3 Å². The molecule has 0 aromatic carbocycles. The molecule has 4 aliphatic carbocycles. The lowest BCUT2D eigenvalue weighted by Crippen LogP contribution is -2.52. The third-order valence-electron chi connectivity index (χ3n) is 7.17. The van der Waals surface area contributed by atoms with Crippen LogP contribution in [0, 0.1) is 41.7 Å². The monoisotopic (exact) mass is 398 g/mol. The number of rotatable bonds is 5. The van der Waals surface area contributed by atoms with Crippen molar-refractivity contribution in [2.24, 2.45) is 17.8 Å². The molecule has 0 atom stereocenters. The summed E-state index contributed by atoms with van der Waals surface area (Å²) in [6.45, 7) is 3.10. The number of nitrogens with zero attached hydrogens (tertiary/aromatic N) is 5. The zero-order valence-electron chi connectivity index (χ0n) is 16.8. The lowest BCUT2D eigenvalue weighted by atomic mass is 9.53. The Morgan fingerprint density at radius 3 is 2.38 bits per heavy atom. The molecule has 0 saturated heterocycles. The van der Waals surface area contributed by atoms with Gasteiger partial charge in [-0.3, -0.25) is 24.3 Å². The molecule has 4 fully saturated rings. The zero-order chi connectivity index (χ0) is 20.3. The minimum atomic E-state index is -0.459. The third kappa shape index (κ3) is 3.03. The number of nitro groups is 1. The molecule has 2 aromatic rings. The van der Waals surface area contributed by atoms with E-state index in [0.717, 1.165) is 17.8 Å². The molecule has 9 nitrogen and oxygen atoms in total. The number of aryl methyl sites for hydroxylation is 1. The largest absolute Gasteiger partial charge is 0.312 e. The van der Waals surface area contributed by atoms with E-state index in [1.165, 1.54) is 43.2 Å². The summed E-state index contributed by atoms with van der Waals surface area (Å²) in [5, 5.41) is 22.8. The first-order valence-corrected chi connectivity index (χ1v) is 10.4. The maximum absolute atomic E-state index is 12.5. The molecule has 2 heterocycles. The second-order valence-electron chi connectivity index (χ2n) is 9.27. The van der Waals surface area contributed by atoms with Crippen LogP contribution in [0.5, 0.6) is 0 Å². The number of hydrogen-bond donors (Lipinski definition) is 1. The van der Waals surface area contributed by atoms with E-state index in [-0.39, 0.29) is 23.7 Å². The number of amides is 1. The van der Waals surface area contributed by atoms with Crippen molar-refractivity contribution in [1.82, 2.24) is 19.6 Å². The van der Waals surface area contributed by atoms with Gasteiger partial charge in [0.25, 0.3) is 0 Å². The fraction of sp³-hybridized carbons (Fsp3) is 0.650. The van der Waals surface area contributed by atoms with Gasteiger partial charge in [-0.25, -0.2) is 0 Å². The quantitative estimate of drug-likeness (QED) is 0.615. The molecule has 154 valence electrons. The van der Waals surface area contributed by atoms with Crippen molar-refractivity contribution in [3.63, 3.8) is 0 Å². The topological polar surface area (TPSA) is 108 Å². The molecule has 6 rings (SSSR count). The van der Waals surface area contributed by atoms with Crippen LogP contribution in [0.3, 0.4) is 0 Å². The molecule has 4 aliphatic rings. The summed E-state index contributed by atoms with van der Waals surface area (Å²) in [5.41, 5.74) is 0.769. The number of anilines is 1. The fourth-order valence-electron chi connectivity index (χ4n) is 6.42. The Labute approximate surface area is 168 Å². The molecule has 29 heavy (non-hydrogen) atoms. The summed E-state index contributed by atoms with van der Waals surface area (Å²) in [5.74, 6) is 2.71. The van der Waals surface area contributed by atoms with Gasteiger partial charge in [0.15, 0.2) is 5.82 Å². The highest BCUT2D eigenvalue weighted by molar-refractivity contribution is 5.89. The van der Waals surface area contributed by atoms with Gasteiger partial charge in [0.2, 0.25) is 5.91 Å². The first-order valence-electron chi connectivity index (χ1n) is 10.4. The summed E-state index contributed by atoms with van der Waals surface area (Å²) < 4.78 is 3.47. The van der Waals surface area contributed by atoms with E-state index in [4.69, 9.17) is 5.10 Å². The Hall–Kier alpha value is -2.71. The number of carbonyl (C=O) groups is 1. The van der Waals surface area contributed by atoms with Crippen molar-refractivity contribution in [2.45, 2.75) is 64.5 Å². The molecule has 0 radical (unpaired) electrons. The molecule has 2 aromatic heterocycles. The zero-order valence-corrected chi connectivity index (χ0v) is 16.8. The van der Waals surface area contributed by atoms with Gasteiger partial charge >= 0.3 is 5.69 Å². The SMILES string of the molecule is Cc1nn(CC(=O)Nc2ccn(C34CC5CC(CC(C5)C3)C4)n2)c(C)c1[N+](=O)[O-]. The van der Waals surface area contributed by atoms with Gasteiger partial charge < -0.3 is 5.32 Å². The highest BCUT2D eigenvalue weighted by atomic mass is 16.6. The summed E-state index contributed by atoms with van der Waals surface area (Å²) >= 11 is 0. The van der Waals surface area contributed by atoms with Crippen LogP contribution in [-0.4, -0.2) is 30.4 Å². The highest BCUT2D eigenvalue weighted by Crippen LogP contribution is 2.58. The van der Waals surface area contributed by atoms with E-state index in [1.54, 1.807) is 13.8 Å². The van der Waals surface area contributed by atoms with Crippen LogP contribution >= 0.6 is 0 Å². The molecule has 0 unspecified atom stereocenters. The standard InChI is InChI=1S/C20H26N6O3/c1-12-19(26(28)29)13(2)24(22-12)11-18(27)21-17-3-4-25(23-17)20-8-14-5-15(9-20)7-16(6-14)10-20/h3-4,14-16H,5-11H2,1-2H3,(H,21,23,27). The molecule has 4 bridgehead atoms. The van der Waals surface area contributed by atoms with Crippen LogP contribution in [0.25, 0.3) is 0 Å². The second kappa shape index (κ2) is 6.40. The maximum Gasteiger partial charge on any atom is 0.312 e. The van der Waals surface area contributed by atoms with Gasteiger partial charge in [-0.1, -0.05) is 0 Å². The van der Waals surface area contributed by atoms with Gasteiger partial charge in [-0.15, -0.1) is 0 Å². The van der Waals surface area contributed by atoms with Gasteiger partial charge in [0, 0.05) is 12.3 Å². The van der Waals surface area contributed by atoms with E-state index in [9.17, 15) is 14.9 Å². The van der Waals surface area contributed by atoms with Crippen LogP contribution in [0.1, 0.15) is 49.9 Å². The first-order chi connectivity index (χ1) is 13.8. The summed E-state index contributed by atoms with van der Waals surface area (Å²) in [6.07, 6.45) is 9.71. The minimum Gasteiger partial charge on any atom is -0.308 e. The Balaban J connectivity index is 1.29. The first kappa shape index (κ1) is 18.3. The molecule has 9 heteroatoms. The predicted octanol–water partition coefficient (Wildman–Crippen LogP) is 3.17. The van der Waals surface area contributed by atoms with E-state index in [2.05, 4.69) is 15.1 Å². The smallest absolute Gasteiger partial charge is 0.308 e. The normalized spacial score (nSPS) is 29.9. The van der Waals surface area contributed by atoms with Crippen molar-refractivity contribution >= 4 is 17.4 Å². The third-order valence-corrected chi connectivity index (χ3v) is 7.17. The van der Waals surface area contributed by atoms with Crippen molar-refractivity contribution < 1.29 is 9.72 Å². The van der Waals surface area contributed by atoms with Gasteiger partial charge in [-0.05, 0) is 70.1 Å². The lowest BCUT2D eigenvalue weighted by molar-refractivity contribution is -0.386. The average molecular weight is 398 g/mol. The Kier molecular flexibility index (Phi) is 4.04. The maximum atomic E-state index is 12.5.